The molecule has 0 saturated heterocycles. The second kappa shape index (κ2) is 6.65. The lowest BCUT2D eigenvalue weighted by Crippen LogP contribution is -2.45. The van der Waals surface area contributed by atoms with Gasteiger partial charge in [-0.05, 0) is 38.0 Å². The molecule has 1 rings (SSSR count). The Labute approximate surface area is 123 Å². The summed E-state index contributed by atoms with van der Waals surface area (Å²) in [4.78, 5) is 12.2. The van der Waals surface area contributed by atoms with Crippen molar-refractivity contribution in [2.24, 2.45) is 0 Å². The zero-order valence-corrected chi connectivity index (χ0v) is 12.7. The summed E-state index contributed by atoms with van der Waals surface area (Å²) in [7, 11) is 0. The number of hydrogen-bond donors (Lipinski definition) is 1. The lowest BCUT2D eigenvalue weighted by atomic mass is 9.95. The van der Waals surface area contributed by atoms with Gasteiger partial charge >= 0.3 is 0 Å². The van der Waals surface area contributed by atoms with E-state index in [1.807, 2.05) is 13.8 Å². The molecule has 1 aromatic rings. The standard InChI is InChI=1S/C13H16Cl3NO/c1-3-13(2,6-7-14)17-12(18)10-8-9(15)4-5-11(10)16/h4-5,8H,3,6-7H2,1-2H3,(H,17,18). The summed E-state index contributed by atoms with van der Waals surface area (Å²) in [6.07, 6.45) is 1.50. The van der Waals surface area contributed by atoms with Crippen LogP contribution in [0.2, 0.25) is 10.0 Å². The fourth-order valence-electron chi connectivity index (χ4n) is 1.55. The van der Waals surface area contributed by atoms with E-state index in [1.54, 1.807) is 18.2 Å². The summed E-state index contributed by atoms with van der Waals surface area (Å²) in [6.45, 7) is 3.97. The second-order valence-electron chi connectivity index (χ2n) is 4.43. The van der Waals surface area contributed by atoms with Gasteiger partial charge in [-0.25, -0.2) is 0 Å². The summed E-state index contributed by atoms with van der Waals surface area (Å²) in [5.41, 5.74) is 0.0585. The molecule has 0 aliphatic heterocycles. The lowest BCUT2D eigenvalue weighted by molar-refractivity contribution is 0.0901. The van der Waals surface area contributed by atoms with Crippen LogP contribution in [0.1, 0.15) is 37.0 Å². The first-order valence-electron chi connectivity index (χ1n) is 5.75. The normalized spacial score (nSPS) is 14.1. The van der Waals surface area contributed by atoms with Crippen molar-refractivity contribution in [3.8, 4) is 0 Å². The van der Waals surface area contributed by atoms with E-state index in [1.165, 1.54) is 0 Å². The molecule has 0 saturated carbocycles. The predicted molar refractivity (Wildman–Crippen MR) is 78.0 cm³/mol. The molecule has 0 aromatic heterocycles. The summed E-state index contributed by atoms with van der Waals surface area (Å²) in [6, 6.07) is 4.83. The smallest absolute Gasteiger partial charge is 0.253 e. The topological polar surface area (TPSA) is 29.1 Å². The molecule has 18 heavy (non-hydrogen) atoms. The van der Waals surface area contributed by atoms with Crippen LogP contribution in [0, 0.1) is 0 Å². The van der Waals surface area contributed by atoms with Gasteiger partial charge < -0.3 is 5.32 Å². The summed E-state index contributed by atoms with van der Waals surface area (Å²) < 4.78 is 0. The number of halogens is 3. The maximum absolute atomic E-state index is 12.2. The van der Waals surface area contributed by atoms with Gasteiger partial charge in [-0.2, -0.15) is 0 Å². The molecule has 0 spiro atoms. The molecule has 5 heteroatoms. The highest BCUT2D eigenvalue weighted by molar-refractivity contribution is 6.35. The van der Waals surface area contributed by atoms with Gasteiger partial charge in [0.2, 0.25) is 0 Å². The highest BCUT2D eigenvalue weighted by Crippen LogP contribution is 2.22. The van der Waals surface area contributed by atoms with Crippen molar-refractivity contribution in [2.75, 3.05) is 5.88 Å². The van der Waals surface area contributed by atoms with Crippen LogP contribution < -0.4 is 5.32 Å². The minimum Gasteiger partial charge on any atom is -0.347 e. The van der Waals surface area contributed by atoms with E-state index >= 15 is 0 Å². The summed E-state index contributed by atoms with van der Waals surface area (Å²) in [5, 5.41) is 3.84. The number of alkyl halides is 1. The highest BCUT2D eigenvalue weighted by atomic mass is 35.5. The second-order valence-corrected chi connectivity index (χ2v) is 5.65. The highest BCUT2D eigenvalue weighted by Gasteiger charge is 2.25. The first-order chi connectivity index (χ1) is 8.41. The molecule has 0 heterocycles. The van der Waals surface area contributed by atoms with Crippen molar-refractivity contribution in [3.63, 3.8) is 0 Å². The lowest BCUT2D eigenvalue weighted by Gasteiger charge is -2.29. The van der Waals surface area contributed by atoms with Gasteiger partial charge in [-0.1, -0.05) is 30.1 Å². The van der Waals surface area contributed by atoms with Crippen LogP contribution in [0.4, 0.5) is 0 Å². The summed E-state index contributed by atoms with van der Waals surface area (Å²) >= 11 is 17.6. The Morgan fingerprint density at radius 3 is 2.61 bits per heavy atom. The predicted octanol–water partition coefficient (Wildman–Crippen LogP) is 4.52. The van der Waals surface area contributed by atoms with Crippen molar-refractivity contribution in [1.82, 2.24) is 5.32 Å². The molecule has 1 unspecified atom stereocenters. The van der Waals surface area contributed by atoms with E-state index in [-0.39, 0.29) is 11.4 Å². The van der Waals surface area contributed by atoms with Crippen LogP contribution in [0.25, 0.3) is 0 Å². The SMILES string of the molecule is CCC(C)(CCCl)NC(=O)c1cc(Cl)ccc1Cl. The van der Waals surface area contributed by atoms with Gasteiger partial charge in [-0.3, -0.25) is 4.79 Å². The van der Waals surface area contributed by atoms with Gasteiger partial charge in [0.15, 0.2) is 0 Å². The molecule has 1 aromatic carbocycles. The number of amides is 1. The number of rotatable bonds is 5. The van der Waals surface area contributed by atoms with Crippen LogP contribution >= 0.6 is 34.8 Å². The molecule has 0 aliphatic rings. The minimum atomic E-state index is -0.329. The zero-order valence-electron chi connectivity index (χ0n) is 10.4. The Balaban J connectivity index is 2.90. The fraction of sp³-hybridized carbons (Fsp3) is 0.462. The molecule has 1 amide bonds. The average Bonchev–Trinajstić information content (AvgIpc) is 2.32. The number of benzene rings is 1. The van der Waals surface area contributed by atoms with E-state index in [0.717, 1.165) is 6.42 Å². The number of carbonyl (C=O) groups excluding carboxylic acids is 1. The first kappa shape index (κ1) is 15.6. The molecule has 0 bridgehead atoms. The first-order valence-corrected chi connectivity index (χ1v) is 7.04. The molecule has 0 radical (unpaired) electrons. The fourth-order valence-corrected chi connectivity index (χ4v) is 2.34. The van der Waals surface area contributed by atoms with E-state index in [9.17, 15) is 4.79 Å². The molecule has 0 aliphatic carbocycles. The van der Waals surface area contributed by atoms with Crippen LogP contribution in [-0.4, -0.2) is 17.3 Å². The zero-order chi connectivity index (χ0) is 13.8. The molecule has 1 N–H and O–H groups in total. The van der Waals surface area contributed by atoms with Gasteiger partial charge in [0.05, 0.1) is 10.6 Å². The van der Waals surface area contributed by atoms with Gasteiger partial charge in [0.1, 0.15) is 0 Å². The molecular weight excluding hydrogens is 293 g/mol. The van der Waals surface area contributed by atoms with Crippen LogP contribution in [0.5, 0.6) is 0 Å². The number of nitrogens with one attached hydrogen (secondary N) is 1. The summed E-state index contributed by atoms with van der Waals surface area (Å²) in [5.74, 6) is 0.269. The van der Waals surface area contributed by atoms with Crippen molar-refractivity contribution >= 4 is 40.7 Å². The molecule has 2 nitrogen and oxygen atoms in total. The Hall–Kier alpha value is -0.440. The van der Waals surface area contributed by atoms with Gasteiger partial charge in [0.25, 0.3) is 5.91 Å². The minimum absolute atomic E-state index is 0.225. The largest absolute Gasteiger partial charge is 0.347 e. The quantitative estimate of drug-likeness (QED) is 0.796. The van der Waals surface area contributed by atoms with Crippen molar-refractivity contribution in [2.45, 2.75) is 32.2 Å². The molecule has 0 fully saturated rings. The Kier molecular flexibility index (Phi) is 5.77. The third-order valence-corrected chi connectivity index (χ3v) is 3.77. The Morgan fingerprint density at radius 2 is 2.06 bits per heavy atom. The van der Waals surface area contributed by atoms with Crippen LogP contribution in [-0.2, 0) is 0 Å². The van der Waals surface area contributed by atoms with Crippen molar-refractivity contribution < 1.29 is 4.79 Å². The maximum atomic E-state index is 12.2. The Bertz CT molecular complexity index is 436. The van der Waals surface area contributed by atoms with Crippen LogP contribution in [0.3, 0.4) is 0 Å². The van der Waals surface area contributed by atoms with Crippen LogP contribution in [0.15, 0.2) is 18.2 Å². The molecular formula is C13H16Cl3NO. The Morgan fingerprint density at radius 1 is 1.39 bits per heavy atom. The van der Waals surface area contributed by atoms with Gasteiger partial charge in [-0.15, -0.1) is 11.6 Å². The third kappa shape index (κ3) is 4.04. The maximum Gasteiger partial charge on any atom is 0.253 e. The third-order valence-electron chi connectivity index (χ3n) is 3.01. The molecule has 100 valence electrons. The van der Waals surface area contributed by atoms with E-state index in [2.05, 4.69) is 5.32 Å². The van der Waals surface area contributed by atoms with E-state index < -0.39 is 0 Å². The van der Waals surface area contributed by atoms with E-state index in [4.69, 9.17) is 34.8 Å². The van der Waals surface area contributed by atoms with Crippen molar-refractivity contribution in [3.05, 3.63) is 33.8 Å². The van der Waals surface area contributed by atoms with E-state index in [0.29, 0.717) is 27.9 Å². The average molecular weight is 309 g/mol. The number of hydrogen-bond acceptors (Lipinski definition) is 1. The molecule has 1 atom stereocenters. The van der Waals surface area contributed by atoms with Gasteiger partial charge in [0, 0.05) is 16.4 Å². The number of carbonyl (C=O) groups is 1. The monoisotopic (exact) mass is 307 g/mol. The van der Waals surface area contributed by atoms with Crippen molar-refractivity contribution in [1.29, 1.82) is 0 Å².